The monoisotopic (exact) mass is 433 g/mol. The Kier molecular flexibility index (Phi) is 6.00. The molecule has 2 aromatic rings. The van der Waals surface area contributed by atoms with Gasteiger partial charge < -0.3 is 4.74 Å². The van der Waals surface area contributed by atoms with Gasteiger partial charge in [0.25, 0.3) is 5.91 Å². The van der Waals surface area contributed by atoms with Crippen LogP contribution in [0.2, 0.25) is 0 Å². The lowest BCUT2D eigenvalue weighted by molar-refractivity contribution is -0.124. The second-order valence-electron chi connectivity index (χ2n) is 11.7. The Morgan fingerprint density at radius 2 is 1.47 bits per heavy atom. The summed E-state index contributed by atoms with van der Waals surface area (Å²) in [7, 11) is 0. The highest BCUT2D eigenvalue weighted by Gasteiger charge is 2.53. The molecule has 4 rings (SSSR count). The predicted molar refractivity (Wildman–Crippen MR) is 132 cm³/mol. The maximum atomic E-state index is 14.1. The van der Waals surface area contributed by atoms with Crippen molar-refractivity contribution in [3.8, 4) is 0 Å². The van der Waals surface area contributed by atoms with Crippen LogP contribution in [-0.2, 0) is 20.4 Å². The number of hydrogen-bond acceptors (Lipinski definition) is 2. The van der Waals surface area contributed by atoms with Crippen molar-refractivity contribution in [2.75, 3.05) is 4.90 Å². The van der Waals surface area contributed by atoms with E-state index >= 15 is 0 Å². The average Bonchev–Trinajstić information content (AvgIpc) is 2.86. The van der Waals surface area contributed by atoms with Gasteiger partial charge in [0, 0.05) is 0 Å². The average molecular weight is 434 g/mol. The lowest BCUT2D eigenvalue weighted by atomic mass is 9.80. The van der Waals surface area contributed by atoms with Gasteiger partial charge in [-0.2, -0.15) is 0 Å². The van der Waals surface area contributed by atoms with Gasteiger partial charge in [0.05, 0.1) is 5.69 Å². The van der Waals surface area contributed by atoms with Crippen LogP contribution in [0.3, 0.4) is 0 Å². The van der Waals surface area contributed by atoms with Gasteiger partial charge in [-0.15, -0.1) is 0 Å². The Morgan fingerprint density at radius 3 is 2.03 bits per heavy atom. The highest BCUT2D eigenvalue weighted by molar-refractivity contribution is 6.01. The molecule has 1 aliphatic carbocycles. The molecule has 0 N–H and O–H groups in total. The van der Waals surface area contributed by atoms with E-state index in [0.717, 1.165) is 36.9 Å². The molecule has 3 nitrogen and oxygen atoms in total. The SMILES string of the molecule is CC(C)(C)c1ccc(C(C)(C)C)c(N2C(=O)[C@@H](c3ccccc3)OC23CCCCCC3)c1. The fraction of sp³-hybridized carbons (Fsp3) is 0.552. The summed E-state index contributed by atoms with van der Waals surface area (Å²) in [6, 6.07) is 16.8. The first-order valence-electron chi connectivity index (χ1n) is 12.2. The summed E-state index contributed by atoms with van der Waals surface area (Å²) in [6.45, 7) is 13.4. The molecule has 0 bridgehead atoms. The molecule has 172 valence electrons. The van der Waals surface area contributed by atoms with Crippen LogP contribution in [0.5, 0.6) is 0 Å². The van der Waals surface area contributed by atoms with Gasteiger partial charge in [-0.05, 0) is 59.3 Å². The van der Waals surface area contributed by atoms with Crippen molar-refractivity contribution in [3.05, 3.63) is 65.2 Å². The van der Waals surface area contributed by atoms with Crippen LogP contribution in [0.4, 0.5) is 5.69 Å². The third kappa shape index (κ3) is 4.24. The zero-order valence-electron chi connectivity index (χ0n) is 20.7. The highest BCUT2D eigenvalue weighted by atomic mass is 16.6. The maximum Gasteiger partial charge on any atom is 0.263 e. The van der Waals surface area contributed by atoms with Crippen molar-refractivity contribution in [1.82, 2.24) is 0 Å². The Hall–Kier alpha value is -2.13. The van der Waals surface area contributed by atoms with Gasteiger partial charge in [0.2, 0.25) is 0 Å². The first kappa shape index (κ1) is 23.0. The van der Waals surface area contributed by atoms with E-state index in [0.29, 0.717) is 0 Å². The number of nitrogens with zero attached hydrogens (tertiary/aromatic N) is 1. The first-order valence-corrected chi connectivity index (χ1v) is 12.2. The molecule has 1 spiro atoms. The standard InChI is InChI=1S/C29H39NO2/c1-27(2,3)22-16-17-23(28(4,5)6)24(20-22)30-26(31)25(21-14-10-9-11-15-21)32-29(30)18-12-7-8-13-19-29/h9-11,14-17,20,25H,7-8,12-13,18-19H2,1-6H3/t25-/m1/s1. The van der Waals surface area contributed by atoms with Crippen LogP contribution in [-0.4, -0.2) is 11.6 Å². The predicted octanol–water partition coefficient (Wildman–Crippen LogP) is 7.44. The molecule has 0 aromatic heterocycles. The molecule has 1 aliphatic heterocycles. The van der Waals surface area contributed by atoms with Crippen LogP contribution >= 0.6 is 0 Å². The molecule has 32 heavy (non-hydrogen) atoms. The molecule has 0 radical (unpaired) electrons. The topological polar surface area (TPSA) is 29.5 Å². The fourth-order valence-electron chi connectivity index (χ4n) is 5.26. The minimum atomic E-state index is -0.565. The fourth-order valence-corrected chi connectivity index (χ4v) is 5.26. The van der Waals surface area contributed by atoms with Gasteiger partial charge in [-0.1, -0.05) is 96.8 Å². The smallest absolute Gasteiger partial charge is 0.263 e. The summed E-state index contributed by atoms with van der Waals surface area (Å²) in [5.74, 6) is 0.0784. The first-order chi connectivity index (χ1) is 15.0. The summed E-state index contributed by atoms with van der Waals surface area (Å²) < 4.78 is 6.80. The maximum absolute atomic E-state index is 14.1. The van der Waals surface area contributed by atoms with Crippen molar-refractivity contribution in [1.29, 1.82) is 0 Å². The number of rotatable bonds is 2. The van der Waals surface area contributed by atoms with Crippen molar-refractivity contribution in [3.63, 3.8) is 0 Å². The Morgan fingerprint density at radius 1 is 0.844 bits per heavy atom. The van der Waals surface area contributed by atoms with E-state index in [4.69, 9.17) is 4.74 Å². The lowest BCUT2D eigenvalue weighted by Crippen LogP contribution is -2.47. The summed E-state index contributed by atoms with van der Waals surface area (Å²) in [6.07, 6.45) is 5.84. The van der Waals surface area contributed by atoms with Gasteiger partial charge in [-0.3, -0.25) is 9.69 Å². The van der Waals surface area contributed by atoms with E-state index < -0.39 is 11.8 Å². The van der Waals surface area contributed by atoms with Crippen LogP contribution < -0.4 is 4.90 Å². The molecule has 3 heteroatoms. The number of carbonyl (C=O) groups is 1. The number of carbonyl (C=O) groups excluding carboxylic acids is 1. The molecule has 2 aliphatic rings. The second kappa shape index (κ2) is 8.33. The van der Waals surface area contributed by atoms with Gasteiger partial charge in [0.15, 0.2) is 6.10 Å². The van der Waals surface area contributed by atoms with Crippen LogP contribution in [0, 0.1) is 0 Å². The van der Waals surface area contributed by atoms with E-state index in [9.17, 15) is 4.79 Å². The molecule has 1 heterocycles. The Bertz CT molecular complexity index is 957. The zero-order valence-corrected chi connectivity index (χ0v) is 20.7. The normalized spacial score (nSPS) is 21.8. The van der Waals surface area contributed by atoms with Crippen LogP contribution in [0.25, 0.3) is 0 Å². The van der Waals surface area contributed by atoms with Crippen molar-refractivity contribution in [2.45, 2.75) is 103 Å². The molecule has 1 amide bonds. The zero-order chi connectivity index (χ0) is 23.1. The third-order valence-electron chi connectivity index (χ3n) is 7.09. The van der Waals surface area contributed by atoms with Crippen LogP contribution in [0.1, 0.15) is 103 Å². The van der Waals surface area contributed by atoms with E-state index in [2.05, 4.69) is 64.6 Å². The Balaban J connectivity index is 1.91. The lowest BCUT2D eigenvalue weighted by Gasteiger charge is -2.39. The van der Waals surface area contributed by atoms with E-state index in [-0.39, 0.29) is 16.7 Å². The van der Waals surface area contributed by atoms with Crippen molar-refractivity contribution < 1.29 is 9.53 Å². The molecule has 1 atom stereocenters. The summed E-state index contributed by atoms with van der Waals surface area (Å²) in [5, 5.41) is 0. The van der Waals surface area contributed by atoms with Crippen LogP contribution in [0.15, 0.2) is 48.5 Å². The Labute approximate surface area is 194 Å². The van der Waals surface area contributed by atoms with Gasteiger partial charge in [0.1, 0.15) is 5.72 Å². The molecular weight excluding hydrogens is 394 g/mol. The second-order valence-corrected chi connectivity index (χ2v) is 11.7. The van der Waals surface area contributed by atoms with Crippen molar-refractivity contribution >= 4 is 11.6 Å². The number of benzene rings is 2. The van der Waals surface area contributed by atoms with Gasteiger partial charge >= 0.3 is 0 Å². The summed E-state index contributed by atoms with van der Waals surface area (Å²) >= 11 is 0. The molecule has 2 fully saturated rings. The molecule has 1 saturated carbocycles. The summed E-state index contributed by atoms with van der Waals surface area (Å²) in [5.41, 5.74) is 3.81. The van der Waals surface area contributed by atoms with E-state index in [1.807, 2.05) is 30.3 Å². The van der Waals surface area contributed by atoms with Gasteiger partial charge in [-0.25, -0.2) is 0 Å². The number of ether oxygens (including phenoxy) is 1. The van der Waals surface area contributed by atoms with E-state index in [1.165, 1.54) is 24.0 Å². The molecular formula is C29H39NO2. The largest absolute Gasteiger partial charge is 0.337 e. The minimum Gasteiger partial charge on any atom is -0.337 e. The number of amides is 1. The number of hydrogen-bond donors (Lipinski definition) is 0. The highest BCUT2D eigenvalue weighted by Crippen LogP contribution is 2.49. The van der Waals surface area contributed by atoms with Crippen molar-refractivity contribution in [2.24, 2.45) is 0 Å². The minimum absolute atomic E-state index is 0.00421. The van der Waals surface area contributed by atoms with E-state index in [1.54, 1.807) is 0 Å². The molecule has 0 unspecified atom stereocenters. The quantitative estimate of drug-likeness (QED) is 0.492. The summed E-state index contributed by atoms with van der Waals surface area (Å²) in [4.78, 5) is 16.2. The number of anilines is 1. The molecule has 2 aromatic carbocycles. The third-order valence-corrected chi connectivity index (χ3v) is 7.09. The molecule has 1 saturated heterocycles.